The standard InChI is InChI=1S/C15H29N3O3S/c1-3-18(14-6-9-22(20,21)12-14)15(19)11-17-7-4-13(5-8-17)10-16-2/h13-14,16H,3-12H2,1-2H3. The SMILES string of the molecule is CCN(C(=O)CN1CCC(CNC)CC1)C1CCS(=O)(=O)C1. The Morgan fingerprint density at radius 3 is 2.45 bits per heavy atom. The lowest BCUT2D eigenvalue weighted by atomic mass is 9.97. The molecule has 1 unspecified atom stereocenters. The number of amides is 1. The van der Waals surface area contributed by atoms with Gasteiger partial charge in [-0.3, -0.25) is 9.69 Å². The summed E-state index contributed by atoms with van der Waals surface area (Å²) in [7, 11) is -0.968. The zero-order chi connectivity index (χ0) is 16.2. The van der Waals surface area contributed by atoms with E-state index in [1.807, 2.05) is 14.0 Å². The van der Waals surface area contributed by atoms with E-state index in [2.05, 4.69) is 10.2 Å². The Hall–Kier alpha value is -0.660. The fraction of sp³-hybridized carbons (Fsp3) is 0.933. The third-order valence-corrected chi connectivity index (χ3v) is 6.62. The number of likely N-dealkylation sites (N-methyl/N-ethyl adjacent to an activating group) is 1. The highest BCUT2D eigenvalue weighted by atomic mass is 32.2. The molecule has 0 spiro atoms. The topological polar surface area (TPSA) is 69.7 Å². The minimum absolute atomic E-state index is 0.0802. The maximum atomic E-state index is 12.5. The van der Waals surface area contributed by atoms with Crippen molar-refractivity contribution >= 4 is 15.7 Å². The van der Waals surface area contributed by atoms with Crippen LogP contribution in [0.2, 0.25) is 0 Å². The van der Waals surface area contributed by atoms with Crippen molar-refractivity contribution in [3.8, 4) is 0 Å². The zero-order valence-electron chi connectivity index (χ0n) is 13.8. The molecule has 1 atom stereocenters. The number of rotatable bonds is 6. The normalized spacial score (nSPS) is 26.2. The summed E-state index contributed by atoms with van der Waals surface area (Å²) in [6, 6.07) is -0.121. The lowest BCUT2D eigenvalue weighted by molar-refractivity contribution is -0.134. The lowest BCUT2D eigenvalue weighted by Gasteiger charge is -2.34. The first kappa shape index (κ1) is 17.7. The van der Waals surface area contributed by atoms with Gasteiger partial charge in [0.2, 0.25) is 5.91 Å². The van der Waals surface area contributed by atoms with Crippen LogP contribution in [-0.2, 0) is 14.6 Å². The number of nitrogens with one attached hydrogen (secondary N) is 1. The Balaban J connectivity index is 1.83. The number of piperidine rings is 1. The smallest absolute Gasteiger partial charge is 0.237 e. The molecule has 0 aliphatic carbocycles. The molecule has 1 amide bonds. The average Bonchev–Trinajstić information content (AvgIpc) is 2.82. The Labute approximate surface area is 134 Å². The average molecular weight is 331 g/mol. The molecule has 0 aromatic carbocycles. The Kier molecular flexibility index (Phi) is 6.23. The van der Waals surface area contributed by atoms with Crippen molar-refractivity contribution in [1.29, 1.82) is 0 Å². The number of sulfone groups is 1. The molecule has 0 radical (unpaired) electrons. The van der Waals surface area contributed by atoms with Gasteiger partial charge in [0.25, 0.3) is 0 Å². The molecule has 7 heteroatoms. The van der Waals surface area contributed by atoms with E-state index in [1.54, 1.807) is 4.90 Å². The van der Waals surface area contributed by atoms with E-state index in [9.17, 15) is 13.2 Å². The number of nitrogens with zero attached hydrogens (tertiary/aromatic N) is 2. The van der Waals surface area contributed by atoms with Crippen molar-refractivity contribution in [2.45, 2.75) is 32.2 Å². The summed E-state index contributed by atoms with van der Waals surface area (Å²) in [5, 5.41) is 3.21. The first-order valence-corrected chi connectivity index (χ1v) is 10.1. The van der Waals surface area contributed by atoms with Crippen LogP contribution < -0.4 is 5.32 Å². The second-order valence-corrected chi connectivity index (χ2v) is 8.74. The molecule has 2 heterocycles. The maximum absolute atomic E-state index is 12.5. The third-order valence-electron chi connectivity index (χ3n) is 4.87. The maximum Gasteiger partial charge on any atom is 0.237 e. The van der Waals surface area contributed by atoms with Crippen molar-refractivity contribution in [3.63, 3.8) is 0 Å². The summed E-state index contributed by atoms with van der Waals surface area (Å²) in [4.78, 5) is 16.5. The zero-order valence-corrected chi connectivity index (χ0v) is 14.6. The van der Waals surface area contributed by atoms with Crippen molar-refractivity contribution in [3.05, 3.63) is 0 Å². The molecular formula is C15H29N3O3S. The van der Waals surface area contributed by atoms with E-state index in [4.69, 9.17) is 0 Å². The Morgan fingerprint density at radius 1 is 1.27 bits per heavy atom. The van der Waals surface area contributed by atoms with Gasteiger partial charge < -0.3 is 10.2 Å². The summed E-state index contributed by atoms with van der Waals surface area (Å²) in [5.74, 6) is 1.14. The minimum atomic E-state index is -2.95. The molecule has 0 aromatic heterocycles. The van der Waals surface area contributed by atoms with Gasteiger partial charge in [0.05, 0.1) is 18.1 Å². The van der Waals surface area contributed by atoms with Crippen LogP contribution in [0.25, 0.3) is 0 Å². The highest BCUT2D eigenvalue weighted by Gasteiger charge is 2.34. The molecular weight excluding hydrogens is 302 g/mol. The number of likely N-dealkylation sites (tertiary alicyclic amines) is 1. The molecule has 2 rings (SSSR count). The van der Waals surface area contributed by atoms with Crippen LogP contribution in [0.15, 0.2) is 0 Å². The van der Waals surface area contributed by atoms with Crippen LogP contribution in [0.1, 0.15) is 26.2 Å². The number of carbonyl (C=O) groups is 1. The van der Waals surface area contributed by atoms with Crippen LogP contribution in [-0.4, -0.2) is 81.4 Å². The quantitative estimate of drug-likeness (QED) is 0.739. The van der Waals surface area contributed by atoms with Gasteiger partial charge in [0.15, 0.2) is 9.84 Å². The third kappa shape index (κ3) is 4.67. The van der Waals surface area contributed by atoms with Gasteiger partial charge in [0.1, 0.15) is 0 Å². The number of carbonyl (C=O) groups excluding carboxylic acids is 1. The molecule has 0 bridgehead atoms. The molecule has 2 aliphatic rings. The highest BCUT2D eigenvalue weighted by Crippen LogP contribution is 2.19. The van der Waals surface area contributed by atoms with Gasteiger partial charge >= 0.3 is 0 Å². The minimum Gasteiger partial charge on any atom is -0.338 e. The first-order valence-electron chi connectivity index (χ1n) is 8.32. The van der Waals surface area contributed by atoms with Crippen LogP contribution >= 0.6 is 0 Å². The molecule has 2 aliphatic heterocycles. The number of hydrogen-bond donors (Lipinski definition) is 1. The van der Waals surface area contributed by atoms with E-state index in [0.717, 1.165) is 32.5 Å². The van der Waals surface area contributed by atoms with Crippen LogP contribution in [0.4, 0.5) is 0 Å². The first-order chi connectivity index (χ1) is 10.4. The molecule has 0 saturated carbocycles. The fourth-order valence-corrected chi connectivity index (χ4v) is 5.31. The Bertz CT molecular complexity index is 472. The molecule has 1 N–H and O–H groups in total. The number of hydrogen-bond acceptors (Lipinski definition) is 5. The second-order valence-electron chi connectivity index (χ2n) is 6.51. The lowest BCUT2D eigenvalue weighted by Crippen LogP contribution is -2.48. The largest absolute Gasteiger partial charge is 0.338 e. The van der Waals surface area contributed by atoms with Crippen molar-refractivity contribution in [2.75, 3.05) is 51.3 Å². The molecule has 0 aromatic rings. The van der Waals surface area contributed by atoms with Gasteiger partial charge in [-0.05, 0) is 58.8 Å². The van der Waals surface area contributed by atoms with Gasteiger partial charge in [-0.2, -0.15) is 0 Å². The van der Waals surface area contributed by atoms with Gasteiger partial charge in [0, 0.05) is 12.6 Å². The van der Waals surface area contributed by atoms with Crippen LogP contribution in [0.5, 0.6) is 0 Å². The van der Waals surface area contributed by atoms with Crippen molar-refractivity contribution < 1.29 is 13.2 Å². The monoisotopic (exact) mass is 331 g/mol. The van der Waals surface area contributed by atoms with Crippen molar-refractivity contribution in [2.24, 2.45) is 5.92 Å². The highest BCUT2D eigenvalue weighted by molar-refractivity contribution is 7.91. The van der Waals surface area contributed by atoms with E-state index < -0.39 is 9.84 Å². The van der Waals surface area contributed by atoms with E-state index in [-0.39, 0.29) is 23.5 Å². The predicted molar refractivity (Wildman–Crippen MR) is 87.5 cm³/mol. The van der Waals surface area contributed by atoms with Gasteiger partial charge in [-0.1, -0.05) is 0 Å². The van der Waals surface area contributed by atoms with E-state index in [1.165, 1.54) is 0 Å². The van der Waals surface area contributed by atoms with E-state index >= 15 is 0 Å². The van der Waals surface area contributed by atoms with Crippen molar-refractivity contribution in [1.82, 2.24) is 15.1 Å². The molecule has 128 valence electrons. The summed E-state index contributed by atoms with van der Waals surface area (Å²) in [6.45, 7) is 5.91. The second kappa shape index (κ2) is 7.75. The summed E-state index contributed by atoms with van der Waals surface area (Å²) in [6.07, 6.45) is 2.84. The Morgan fingerprint density at radius 2 is 1.95 bits per heavy atom. The van der Waals surface area contributed by atoms with Gasteiger partial charge in [-0.25, -0.2) is 8.42 Å². The summed E-state index contributed by atoms with van der Waals surface area (Å²) in [5.41, 5.74) is 0. The molecule has 6 nitrogen and oxygen atoms in total. The molecule has 2 saturated heterocycles. The predicted octanol–water partition coefficient (Wildman–Crippen LogP) is -0.0466. The molecule has 2 fully saturated rings. The molecule has 22 heavy (non-hydrogen) atoms. The van der Waals surface area contributed by atoms with Crippen LogP contribution in [0.3, 0.4) is 0 Å². The van der Waals surface area contributed by atoms with Gasteiger partial charge in [-0.15, -0.1) is 0 Å². The summed E-state index contributed by atoms with van der Waals surface area (Å²) < 4.78 is 23.2. The van der Waals surface area contributed by atoms with Crippen LogP contribution in [0, 0.1) is 5.92 Å². The van der Waals surface area contributed by atoms with E-state index in [0.29, 0.717) is 25.4 Å². The summed E-state index contributed by atoms with van der Waals surface area (Å²) >= 11 is 0. The fourth-order valence-electron chi connectivity index (χ4n) is 3.58.